The van der Waals surface area contributed by atoms with Crippen LogP contribution in [0.5, 0.6) is 0 Å². The third-order valence-electron chi connectivity index (χ3n) is 3.55. The van der Waals surface area contributed by atoms with Crippen molar-refractivity contribution in [3.8, 4) is 6.07 Å². The molecule has 0 aromatic heterocycles. The number of nitriles is 1. The third-order valence-corrected chi connectivity index (χ3v) is 3.55. The van der Waals surface area contributed by atoms with Crippen molar-refractivity contribution in [3.05, 3.63) is 35.1 Å². The van der Waals surface area contributed by atoms with Crippen molar-refractivity contribution in [1.29, 1.82) is 5.26 Å². The number of benzene rings is 1. The van der Waals surface area contributed by atoms with Crippen molar-refractivity contribution in [2.45, 2.75) is 24.9 Å². The second-order valence-electron chi connectivity index (χ2n) is 5.09. The molecule has 2 atom stereocenters. The second kappa shape index (κ2) is 5.57. The maximum atomic E-state index is 13.3. The molecule has 1 aromatic rings. The Morgan fingerprint density at radius 1 is 1.65 bits per heavy atom. The Morgan fingerprint density at radius 2 is 2.40 bits per heavy atom. The molecule has 0 aliphatic carbocycles. The van der Waals surface area contributed by atoms with Crippen molar-refractivity contribution in [3.63, 3.8) is 0 Å². The van der Waals surface area contributed by atoms with Gasteiger partial charge < -0.3 is 16.4 Å². The Balaban J connectivity index is 2.44. The van der Waals surface area contributed by atoms with Gasteiger partial charge in [0.25, 0.3) is 0 Å². The molecular weight excluding hydrogens is 259 g/mol. The van der Waals surface area contributed by atoms with Crippen molar-refractivity contribution < 1.29 is 9.18 Å². The number of nitrogens with two attached hydrogens (primary N) is 1. The lowest BCUT2D eigenvalue weighted by Crippen LogP contribution is -2.52. The first-order valence-corrected chi connectivity index (χ1v) is 6.47. The van der Waals surface area contributed by atoms with Crippen LogP contribution in [0.1, 0.15) is 24.5 Å². The number of hydrogen-bond acceptors (Lipinski definition) is 4. The number of carbonyl (C=O) groups excluding carboxylic acids is 1. The standard InChI is InChI=1S/C14H17FN4O/c1-9(17)13(20)19-14(4-5-18-8-14)12-3-2-11(15)6-10(12)7-16/h2-3,6,9,18H,4-5,8,17H2,1H3,(H,19,20)/t9-,14+/m0/s1. The van der Waals surface area contributed by atoms with Gasteiger partial charge in [-0.15, -0.1) is 0 Å². The van der Waals surface area contributed by atoms with E-state index in [0.717, 1.165) is 0 Å². The molecule has 1 saturated heterocycles. The molecular formula is C14H17FN4O. The van der Waals surface area contributed by atoms with E-state index in [4.69, 9.17) is 5.73 Å². The monoisotopic (exact) mass is 276 g/mol. The summed E-state index contributed by atoms with van der Waals surface area (Å²) in [5.41, 5.74) is 5.74. The lowest BCUT2D eigenvalue weighted by molar-refractivity contribution is -0.123. The number of rotatable bonds is 3. The van der Waals surface area contributed by atoms with Crippen molar-refractivity contribution >= 4 is 5.91 Å². The minimum Gasteiger partial charge on any atom is -0.344 e. The van der Waals surface area contributed by atoms with E-state index < -0.39 is 17.4 Å². The largest absolute Gasteiger partial charge is 0.344 e. The first-order chi connectivity index (χ1) is 9.48. The number of hydrogen-bond donors (Lipinski definition) is 3. The van der Waals surface area contributed by atoms with Crippen LogP contribution in [0, 0.1) is 17.1 Å². The van der Waals surface area contributed by atoms with Gasteiger partial charge in [-0.05, 0) is 37.6 Å². The van der Waals surface area contributed by atoms with Gasteiger partial charge in [-0.1, -0.05) is 6.07 Å². The fourth-order valence-electron chi connectivity index (χ4n) is 2.47. The van der Waals surface area contributed by atoms with Crippen molar-refractivity contribution in [1.82, 2.24) is 10.6 Å². The minimum absolute atomic E-state index is 0.235. The van der Waals surface area contributed by atoms with E-state index in [9.17, 15) is 14.4 Å². The topological polar surface area (TPSA) is 90.9 Å². The molecule has 5 nitrogen and oxygen atoms in total. The fourth-order valence-corrected chi connectivity index (χ4v) is 2.47. The highest BCUT2D eigenvalue weighted by molar-refractivity contribution is 5.82. The molecule has 1 aromatic carbocycles. The van der Waals surface area contributed by atoms with Crippen LogP contribution in [-0.4, -0.2) is 25.0 Å². The summed E-state index contributed by atoms with van der Waals surface area (Å²) in [7, 11) is 0. The van der Waals surface area contributed by atoms with E-state index in [-0.39, 0.29) is 11.5 Å². The van der Waals surface area contributed by atoms with Gasteiger partial charge in [-0.3, -0.25) is 4.79 Å². The Labute approximate surface area is 117 Å². The molecule has 6 heteroatoms. The Hall–Kier alpha value is -1.97. The summed E-state index contributed by atoms with van der Waals surface area (Å²) in [6.07, 6.45) is 0.631. The zero-order valence-corrected chi connectivity index (χ0v) is 11.2. The van der Waals surface area contributed by atoms with E-state index in [1.54, 1.807) is 13.0 Å². The Kier molecular flexibility index (Phi) is 4.02. The molecule has 1 fully saturated rings. The van der Waals surface area contributed by atoms with Gasteiger partial charge >= 0.3 is 0 Å². The highest BCUT2D eigenvalue weighted by atomic mass is 19.1. The minimum atomic E-state index is -0.705. The predicted molar refractivity (Wildman–Crippen MR) is 72.1 cm³/mol. The van der Waals surface area contributed by atoms with Crippen LogP contribution in [0.3, 0.4) is 0 Å². The number of nitrogens with one attached hydrogen (secondary N) is 2. The van der Waals surface area contributed by atoms with Gasteiger partial charge in [0.1, 0.15) is 5.82 Å². The van der Waals surface area contributed by atoms with Crippen LogP contribution in [0.2, 0.25) is 0 Å². The zero-order valence-electron chi connectivity index (χ0n) is 11.2. The molecule has 1 heterocycles. The Morgan fingerprint density at radius 3 is 2.95 bits per heavy atom. The predicted octanol–water partition coefficient (Wildman–Crippen LogP) is 0.349. The number of halogens is 1. The lowest BCUT2D eigenvalue weighted by Gasteiger charge is -2.31. The van der Waals surface area contributed by atoms with Crippen LogP contribution in [0.15, 0.2) is 18.2 Å². The number of nitrogens with zero attached hydrogens (tertiary/aromatic N) is 1. The number of carbonyl (C=O) groups is 1. The normalized spacial score (nSPS) is 23.1. The average molecular weight is 276 g/mol. The summed E-state index contributed by atoms with van der Waals surface area (Å²) in [5, 5.41) is 15.3. The first-order valence-electron chi connectivity index (χ1n) is 6.47. The second-order valence-corrected chi connectivity index (χ2v) is 5.09. The molecule has 4 N–H and O–H groups in total. The summed E-state index contributed by atoms with van der Waals surface area (Å²) in [6.45, 7) is 2.80. The van der Waals surface area contributed by atoms with Crippen LogP contribution in [-0.2, 0) is 10.3 Å². The lowest BCUT2D eigenvalue weighted by atomic mass is 9.85. The highest BCUT2D eigenvalue weighted by Gasteiger charge is 2.39. The van der Waals surface area contributed by atoms with Gasteiger partial charge in [0.15, 0.2) is 0 Å². The third kappa shape index (κ3) is 2.64. The van der Waals surface area contributed by atoms with Gasteiger partial charge in [-0.25, -0.2) is 4.39 Å². The fraction of sp³-hybridized carbons (Fsp3) is 0.429. The van der Waals surface area contributed by atoms with E-state index in [1.807, 2.05) is 6.07 Å². The first kappa shape index (κ1) is 14.4. The summed E-state index contributed by atoms with van der Waals surface area (Å²) in [4.78, 5) is 11.9. The van der Waals surface area contributed by atoms with E-state index in [2.05, 4.69) is 10.6 Å². The quantitative estimate of drug-likeness (QED) is 0.743. The van der Waals surface area contributed by atoms with Crippen molar-refractivity contribution in [2.24, 2.45) is 5.73 Å². The van der Waals surface area contributed by atoms with Gasteiger partial charge in [-0.2, -0.15) is 5.26 Å². The molecule has 0 saturated carbocycles. The Bertz CT molecular complexity index is 559. The van der Waals surface area contributed by atoms with Gasteiger partial charge in [0, 0.05) is 6.54 Å². The maximum Gasteiger partial charge on any atom is 0.237 e. The van der Waals surface area contributed by atoms with Gasteiger partial charge in [0.05, 0.1) is 23.2 Å². The SMILES string of the molecule is C[C@H](N)C(=O)N[C@]1(c2ccc(F)cc2C#N)CCNC1. The van der Waals surface area contributed by atoms with E-state index >= 15 is 0 Å². The molecule has 0 unspecified atom stereocenters. The molecule has 106 valence electrons. The summed E-state index contributed by atoms with van der Waals surface area (Å²) in [5.74, 6) is -0.758. The summed E-state index contributed by atoms with van der Waals surface area (Å²) >= 11 is 0. The molecule has 20 heavy (non-hydrogen) atoms. The smallest absolute Gasteiger partial charge is 0.237 e. The summed E-state index contributed by atoms with van der Waals surface area (Å²) < 4.78 is 13.3. The molecule has 1 amide bonds. The molecule has 2 rings (SSSR count). The van der Waals surface area contributed by atoms with E-state index in [1.165, 1.54) is 12.1 Å². The summed E-state index contributed by atoms with van der Waals surface area (Å²) in [6, 6.07) is 5.40. The van der Waals surface area contributed by atoms with Crippen LogP contribution in [0.25, 0.3) is 0 Å². The van der Waals surface area contributed by atoms with Crippen LogP contribution in [0.4, 0.5) is 4.39 Å². The van der Waals surface area contributed by atoms with Crippen LogP contribution < -0.4 is 16.4 Å². The van der Waals surface area contributed by atoms with E-state index in [0.29, 0.717) is 25.1 Å². The maximum absolute atomic E-state index is 13.3. The van der Waals surface area contributed by atoms with Gasteiger partial charge in [0.2, 0.25) is 5.91 Å². The molecule has 0 radical (unpaired) electrons. The zero-order chi connectivity index (χ0) is 14.8. The molecule has 1 aliphatic rings. The molecule has 0 bridgehead atoms. The molecule has 0 spiro atoms. The van der Waals surface area contributed by atoms with Crippen LogP contribution >= 0.6 is 0 Å². The number of amides is 1. The van der Waals surface area contributed by atoms with Crippen molar-refractivity contribution in [2.75, 3.05) is 13.1 Å². The highest BCUT2D eigenvalue weighted by Crippen LogP contribution is 2.31. The molecule has 1 aliphatic heterocycles. The average Bonchev–Trinajstić information content (AvgIpc) is 2.87.